The number of anilines is 1. The lowest BCUT2D eigenvalue weighted by Gasteiger charge is -2.18. The van der Waals surface area contributed by atoms with Crippen molar-refractivity contribution in [2.45, 2.75) is 38.5 Å². The lowest BCUT2D eigenvalue weighted by Crippen LogP contribution is -2.41. The second kappa shape index (κ2) is 12.0. The monoisotopic (exact) mass is 440 g/mol. The first-order valence-electron chi connectivity index (χ1n) is 10.8. The third-order valence-corrected chi connectivity index (χ3v) is 5.04. The van der Waals surface area contributed by atoms with E-state index in [1.54, 1.807) is 14.2 Å². The molecule has 2 unspecified atom stereocenters. The number of nitrogens with one attached hydrogen (secondary N) is 3. The predicted molar refractivity (Wildman–Crippen MR) is 125 cm³/mol. The van der Waals surface area contributed by atoms with Crippen molar-refractivity contribution in [3.05, 3.63) is 54.1 Å². The second-order valence-electron chi connectivity index (χ2n) is 7.61. The summed E-state index contributed by atoms with van der Waals surface area (Å²) in [6.07, 6.45) is 1.28. The molecule has 2 atom stereocenters. The zero-order valence-electron chi connectivity index (χ0n) is 18.9. The first-order valence-corrected chi connectivity index (χ1v) is 10.8. The van der Waals surface area contributed by atoms with Crippen molar-refractivity contribution in [2.75, 3.05) is 32.6 Å². The second-order valence-corrected chi connectivity index (χ2v) is 7.61. The van der Waals surface area contributed by atoms with Gasteiger partial charge in [-0.1, -0.05) is 18.2 Å². The van der Waals surface area contributed by atoms with Crippen LogP contribution in [0.15, 0.2) is 53.5 Å². The Morgan fingerprint density at radius 3 is 2.75 bits per heavy atom. The Bertz CT molecular complexity index is 912. The molecule has 0 aliphatic carbocycles. The Kier molecular flexibility index (Phi) is 8.74. The molecule has 1 amide bonds. The summed E-state index contributed by atoms with van der Waals surface area (Å²) in [6.45, 7) is 3.78. The van der Waals surface area contributed by atoms with E-state index in [1.165, 1.54) is 0 Å². The van der Waals surface area contributed by atoms with E-state index in [-0.39, 0.29) is 18.1 Å². The average molecular weight is 441 g/mol. The van der Waals surface area contributed by atoms with E-state index in [9.17, 15) is 4.79 Å². The van der Waals surface area contributed by atoms with E-state index in [4.69, 9.17) is 14.2 Å². The number of hydrogen-bond acceptors (Lipinski definition) is 5. The summed E-state index contributed by atoms with van der Waals surface area (Å²) in [7, 11) is 3.36. The molecule has 8 nitrogen and oxygen atoms in total. The van der Waals surface area contributed by atoms with Gasteiger partial charge in [0.05, 0.1) is 13.7 Å². The van der Waals surface area contributed by atoms with Gasteiger partial charge in [0.1, 0.15) is 23.7 Å². The molecule has 1 fully saturated rings. The van der Waals surface area contributed by atoms with Crippen LogP contribution in [0.3, 0.4) is 0 Å². The highest BCUT2D eigenvalue weighted by Crippen LogP contribution is 2.20. The fourth-order valence-corrected chi connectivity index (χ4v) is 3.36. The number of carbonyl (C=O) groups is 1. The smallest absolute Gasteiger partial charge is 0.253 e. The minimum atomic E-state index is -0.346. The van der Waals surface area contributed by atoms with Gasteiger partial charge in [-0.2, -0.15) is 0 Å². The van der Waals surface area contributed by atoms with Crippen LogP contribution in [-0.4, -0.2) is 51.4 Å². The molecule has 2 aromatic carbocycles. The molecule has 0 saturated carbocycles. The summed E-state index contributed by atoms with van der Waals surface area (Å²) in [5.74, 6) is 2.09. The van der Waals surface area contributed by atoms with E-state index in [0.29, 0.717) is 25.7 Å². The standard InChI is InChI=1S/C24H32N4O4/c1-17(32-21-10-5-9-20(14-21)30-3)15-26-24(25-2)27-16-18-7-4-8-19(13-18)28-23(29)22-11-6-12-31-22/h4-5,7-10,13-14,17,22H,6,11-12,15-16H2,1-3H3,(H,28,29)(H2,25,26,27). The molecule has 3 N–H and O–H groups in total. The van der Waals surface area contributed by atoms with E-state index in [2.05, 4.69) is 20.9 Å². The molecule has 172 valence electrons. The SMILES string of the molecule is CN=C(NCc1cccc(NC(=O)C2CCCO2)c1)NCC(C)Oc1cccc(OC)c1. The molecule has 2 aromatic rings. The minimum Gasteiger partial charge on any atom is -0.497 e. The molecule has 0 aromatic heterocycles. The van der Waals surface area contributed by atoms with Crippen LogP contribution >= 0.6 is 0 Å². The van der Waals surface area contributed by atoms with Gasteiger partial charge in [-0.15, -0.1) is 0 Å². The van der Waals surface area contributed by atoms with Gasteiger partial charge in [0.25, 0.3) is 5.91 Å². The van der Waals surface area contributed by atoms with Crippen LogP contribution in [0.4, 0.5) is 5.69 Å². The first-order chi connectivity index (χ1) is 15.6. The number of methoxy groups -OCH3 is 1. The number of ether oxygens (including phenoxy) is 3. The third kappa shape index (κ3) is 7.16. The number of rotatable bonds is 9. The fraction of sp³-hybridized carbons (Fsp3) is 0.417. The van der Waals surface area contributed by atoms with E-state index < -0.39 is 0 Å². The molecule has 32 heavy (non-hydrogen) atoms. The summed E-state index contributed by atoms with van der Waals surface area (Å²) in [5, 5.41) is 9.49. The normalized spacial score (nSPS) is 16.8. The van der Waals surface area contributed by atoms with Gasteiger partial charge in [-0.3, -0.25) is 9.79 Å². The van der Waals surface area contributed by atoms with Gasteiger partial charge < -0.3 is 30.2 Å². The Morgan fingerprint density at radius 1 is 1.19 bits per heavy atom. The fourth-order valence-electron chi connectivity index (χ4n) is 3.36. The third-order valence-electron chi connectivity index (χ3n) is 5.04. The maximum Gasteiger partial charge on any atom is 0.253 e. The highest BCUT2D eigenvalue weighted by Gasteiger charge is 2.23. The highest BCUT2D eigenvalue weighted by molar-refractivity contribution is 5.94. The number of carbonyl (C=O) groups excluding carboxylic acids is 1. The van der Waals surface area contributed by atoms with Crippen LogP contribution in [0.25, 0.3) is 0 Å². The number of nitrogens with zero attached hydrogens (tertiary/aromatic N) is 1. The molecule has 1 aliphatic rings. The van der Waals surface area contributed by atoms with Crippen molar-refractivity contribution in [3.8, 4) is 11.5 Å². The number of amides is 1. The van der Waals surface area contributed by atoms with E-state index >= 15 is 0 Å². The van der Waals surface area contributed by atoms with Gasteiger partial charge in [0, 0.05) is 32.0 Å². The molecule has 1 heterocycles. The van der Waals surface area contributed by atoms with Crippen LogP contribution < -0.4 is 25.4 Å². The summed E-state index contributed by atoms with van der Waals surface area (Å²) < 4.78 is 16.6. The topological polar surface area (TPSA) is 93.2 Å². The van der Waals surface area contributed by atoms with Crippen molar-refractivity contribution in [1.29, 1.82) is 0 Å². The maximum absolute atomic E-state index is 12.3. The summed E-state index contributed by atoms with van der Waals surface area (Å²) >= 11 is 0. The molecule has 0 radical (unpaired) electrons. The number of benzene rings is 2. The number of hydrogen-bond donors (Lipinski definition) is 3. The molecule has 1 saturated heterocycles. The van der Waals surface area contributed by atoms with Crippen LogP contribution in [-0.2, 0) is 16.1 Å². The van der Waals surface area contributed by atoms with Crippen molar-refractivity contribution in [1.82, 2.24) is 10.6 Å². The molecular weight excluding hydrogens is 408 g/mol. The Hall–Kier alpha value is -3.26. The zero-order valence-corrected chi connectivity index (χ0v) is 18.9. The first kappa shape index (κ1) is 23.4. The summed E-state index contributed by atoms with van der Waals surface area (Å²) in [4.78, 5) is 16.5. The molecular formula is C24H32N4O4. The van der Waals surface area contributed by atoms with Crippen LogP contribution in [0.1, 0.15) is 25.3 Å². The Labute approximate surface area is 189 Å². The molecule has 0 spiro atoms. The van der Waals surface area contributed by atoms with Crippen molar-refractivity contribution in [3.63, 3.8) is 0 Å². The zero-order chi connectivity index (χ0) is 22.8. The highest BCUT2D eigenvalue weighted by atomic mass is 16.5. The summed E-state index contributed by atoms with van der Waals surface area (Å²) in [6, 6.07) is 15.3. The molecule has 0 bridgehead atoms. The largest absolute Gasteiger partial charge is 0.497 e. The Morgan fingerprint density at radius 2 is 2.00 bits per heavy atom. The average Bonchev–Trinajstić information content (AvgIpc) is 3.35. The quantitative estimate of drug-likeness (QED) is 0.410. The summed E-state index contributed by atoms with van der Waals surface area (Å²) in [5.41, 5.74) is 1.78. The lowest BCUT2D eigenvalue weighted by molar-refractivity contribution is -0.124. The van der Waals surface area contributed by atoms with Crippen molar-refractivity contribution < 1.29 is 19.0 Å². The lowest BCUT2D eigenvalue weighted by atomic mass is 10.2. The predicted octanol–water partition coefficient (Wildman–Crippen LogP) is 2.95. The van der Waals surface area contributed by atoms with Gasteiger partial charge in [-0.05, 0) is 49.6 Å². The molecule has 3 rings (SSSR count). The van der Waals surface area contributed by atoms with Crippen molar-refractivity contribution in [2.24, 2.45) is 4.99 Å². The minimum absolute atomic E-state index is 0.0722. The molecule has 8 heteroatoms. The van der Waals surface area contributed by atoms with Gasteiger partial charge in [0.15, 0.2) is 5.96 Å². The van der Waals surface area contributed by atoms with Crippen LogP contribution in [0.5, 0.6) is 11.5 Å². The number of guanidine groups is 1. The van der Waals surface area contributed by atoms with Gasteiger partial charge >= 0.3 is 0 Å². The number of aliphatic imine (C=N–C) groups is 1. The Balaban J connectivity index is 1.45. The maximum atomic E-state index is 12.3. The van der Waals surface area contributed by atoms with Crippen molar-refractivity contribution >= 4 is 17.6 Å². The van der Waals surface area contributed by atoms with Crippen LogP contribution in [0.2, 0.25) is 0 Å². The van der Waals surface area contributed by atoms with Gasteiger partial charge in [-0.25, -0.2) is 0 Å². The van der Waals surface area contributed by atoms with E-state index in [0.717, 1.165) is 35.6 Å². The van der Waals surface area contributed by atoms with Gasteiger partial charge in [0.2, 0.25) is 0 Å². The van der Waals surface area contributed by atoms with Crippen LogP contribution in [0, 0.1) is 0 Å². The molecule has 1 aliphatic heterocycles. The van der Waals surface area contributed by atoms with E-state index in [1.807, 2.05) is 55.5 Å².